The number of carbonyl (C=O) groups excluding carboxylic acids is 1. The highest BCUT2D eigenvalue weighted by atomic mass is 32.2. The van der Waals surface area contributed by atoms with E-state index in [0.717, 1.165) is 5.56 Å². The van der Waals surface area contributed by atoms with E-state index < -0.39 is 14.8 Å². The van der Waals surface area contributed by atoms with Crippen molar-refractivity contribution in [2.45, 2.75) is 25.9 Å². The highest BCUT2D eigenvalue weighted by Gasteiger charge is 2.27. The summed E-state index contributed by atoms with van der Waals surface area (Å²) in [5, 5.41) is 13.3. The number of benzene rings is 1. The molecule has 1 N–H and O–H groups in total. The number of amides is 2. The Bertz CT molecular complexity index is 687. The first-order valence-electron chi connectivity index (χ1n) is 7.27. The minimum absolute atomic E-state index is 0.00794. The summed E-state index contributed by atoms with van der Waals surface area (Å²) in [4.78, 5) is 23.9. The van der Waals surface area contributed by atoms with Crippen LogP contribution in [-0.2, 0) is 16.4 Å². The van der Waals surface area contributed by atoms with Gasteiger partial charge in [0, 0.05) is 31.3 Å². The number of nitro benzene ring substituents is 1. The van der Waals surface area contributed by atoms with E-state index in [1.165, 1.54) is 17.0 Å². The van der Waals surface area contributed by atoms with Crippen molar-refractivity contribution in [3.63, 3.8) is 0 Å². The Morgan fingerprint density at radius 2 is 2.00 bits per heavy atom. The molecular formula is C14H19N3O5S. The summed E-state index contributed by atoms with van der Waals surface area (Å²) in [5.74, 6) is 0.0720. The van der Waals surface area contributed by atoms with E-state index in [2.05, 4.69) is 5.32 Å². The lowest BCUT2D eigenvalue weighted by atomic mass is 10.2. The normalized spacial score (nSPS) is 20.6. The predicted octanol–water partition coefficient (Wildman–Crippen LogP) is 1.31. The quantitative estimate of drug-likeness (QED) is 0.658. The van der Waals surface area contributed by atoms with Gasteiger partial charge in [-0.3, -0.25) is 10.1 Å². The van der Waals surface area contributed by atoms with Gasteiger partial charge in [-0.1, -0.05) is 12.1 Å². The van der Waals surface area contributed by atoms with Gasteiger partial charge in [0.25, 0.3) is 5.69 Å². The van der Waals surface area contributed by atoms with Crippen molar-refractivity contribution in [3.05, 3.63) is 39.9 Å². The molecule has 0 saturated carbocycles. The molecule has 9 heteroatoms. The second-order valence-corrected chi connectivity index (χ2v) is 7.87. The average molecular weight is 341 g/mol. The van der Waals surface area contributed by atoms with Gasteiger partial charge >= 0.3 is 6.03 Å². The maximum Gasteiger partial charge on any atom is 0.317 e. The molecule has 0 aliphatic carbocycles. The molecule has 2 amide bonds. The molecular weight excluding hydrogens is 322 g/mol. The van der Waals surface area contributed by atoms with Crippen LogP contribution in [0.1, 0.15) is 18.9 Å². The molecule has 0 bridgehead atoms. The fourth-order valence-electron chi connectivity index (χ4n) is 2.38. The number of non-ortho nitro benzene ring substituents is 1. The van der Waals surface area contributed by atoms with Gasteiger partial charge in [0.2, 0.25) is 0 Å². The summed E-state index contributed by atoms with van der Waals surface area (Å²) in [6.45, 7) is 2.23. The summed E-state index contributed by atoms with van der Waals surface area (Å²) in [5.41, 5.74) is 0.727. The van der Waals surface area contributed by atoms with E-state index >= 15 is 0 Å². The Morgan fingerprint density at radius 1 is 1.35 bits per heavy atom. The largest absolute Gasteiger partial charge is 0.334 e. The van der Waals surface area contributed by atoms with Gasteiger partial charge in [-0.05, 0) is 18.9 Å². The fraction of sp³-hybridized carbons (Fsp3) is 0.500. The summed E-state index contributed by atoms with van der Waals surface area (Å²) >= 11 is 0. The molecule has 1 aliphatic heterocycles. The highest BCUT2D eigenvalue weighted by molar-refractivity contribution is 7.91. The molecule has 23 heavy (non-hydrogen) atoms. The lowest BCUT2D eigenvalue weighted by Gasteiger charge is -2.26. The van der Waals surface area contributed by atoms with E-state index in [9.17, 15) is 23.3 Å². The van der Waals surface area contributed by atoms with E-state index in [0.29, 0.717) is 6.42 Å². The first kappa shape index (κ1) is 17.2. The third-order valence-electron chi connectivity index (χ3n) is 3.87. The molecule has 1 unspecified atom stereocenters. The third-order valence-corrected chi connectivity index (χ3v) is 5.54. The number of hydrogen-bond acceptors (Lipinski definition) is 5. The number of nitro groups is 1. The maximum absolute atomic E-state index is 12.2. The van der Waals surface area contributed by atoms with Crippen molar-refractivity contribution in [3.8, 4) is 0 Å². The Hall–Kier alpha value is -2.16. The number of hydrogen-bond donors (Lipinski definition) is 1. The van der Waals surface area contributed by atoms with Crippen LogP contribution in [-0.4, -0.2) is 48.4 Å². The lowest BCUT2D eigenvalue weighted by molar-refractivity contribution is -0.384. The van der Waals surface area contributed by atoms with Crippen LogP contribution in [0.3, 0.4) is 0 Å². The van der Waals surface area contributed by atoms with Crippen molar-refractivity contribution in [2.75, 3.05) is 18.1 Å². The lowest BCUT2D eigenvalue weighted by Crippen LogP contribution is -2.45. The first-order chi connectivity index (χ1) is 10.8. The van der Waals surface area contributed by atoms with Crippen LogP contribution in [0.4, 0.5) is 10.5 Å². The molecule has 1 saturated heterocycles. The second kappa shape index (κ2) is 6.95. The van der Waals surface area contributed by atoms with Crippen LogP contribution in [0.15, 0.2) is 24.3 Å². The molecule has 0 radical (unpaired) electrons. The third kappa shape index (κ3) is 4.65. The smallest absolute Gasteiger partial charge is 0.317 e. The molecule has 1 aromatic carbocycles. The average Bonchev–Trinajstić information content (AvgIpc) is 2.64. The van der Waals surface area contributed by atoms with Crippen LogP contribution < -0.4 is 5.32 Å². The molecule has 1 aliphatic rings. The monoisotopic (exact) mass is 341 g/mol. The minimum atomic E-state index is -3.08. The van der Waals surface area contributed by atoms with E-state index in [1.54, 1.807) is 12.1 Å². The molecule has 1 heterocycles. The van der Waals surface area contributed by atoms with E-state index in [-0.39, 0.29) is 42.4 Å². The zero-order chi connectivity index (χ0) is 17.0. The molecule has 8 nitrogen and oxygen atoms in total. The zero-order valence-electron chi connectivity index (χ0n) is 12.8. The number of nitrogens with one attached hydrogen (secondary N) is 1. The number of sulfone groups is 1. The standard InChI is InChI=1S/C14H19N3O5S/c1-11-6-8-23(21,22)9-7-16(11)14(18)15-10-12-2-4-13(5-3-12)17(19)20/h2-5,11H,6-10H2,1H3,(H,15,18). The van der Waals surface area contributed by atoms with Crippen LogP contribution in [0.5, 0.6) is 0 Å². The van der Waals surface area contributed by atoms with Crippen molar-refractivity contribution >= 4 is 21.6 Å². The van der Waals surface area contributed by atoms with E-state index in [4.69, 9.17) is 0 Å². The van der Waals surface area contributed by atoms with Crippen LogP contribution in [0, 0.1) is 10.1 Å². The molecule has 126 valence electrons. The van der Waals surface area contributed by atoms with Crippen LogP contribution in [0.25, 0.3) is 0 Å². The fourth-order valence-corrected chi connectivity index (χ4v) is 3.76. The minimum Gasteiger partial charge on any atom is -0.334 e. The first-order valence-corrected chi connectivity index (χ1v) is 9.09. The van der Waals surface area contributed by atoms with Crippen molar-refractivity contribution in [1.82, 2.24) is 10.2 Å². The molecule has 1 aromatic rings. The van der Waals surface area contributed by atoms with Crippen LogP contribution in [0.2, 0.25) is 0 Å². The zero-order valence-corrected chi connectivity index (χ0v) is 13.6. The molecule has 1 fully saturated rings. The Morgan fingerprint density at radius 3 is 2.61 bits per heavy atom. The van der Waals surface area contributed by atoms with Gasteiger partial charge in [0.15, 0.2) is 9.84 Å². The molecule has 0 spiro atoms. The van der Waals surface area contributed by atoms with Gasteiger partial charge in [-0.2, -0.15) is 0 Å². The molecule has 0 aromatic heterocycles. The molecule has 2 rings (SSSR count). The maximum atomic E-state index is 12.2. The van der Waals surface area contributed by atoms with Crippen molar-refractivity contribution in [1.29, 1.82) is 0 Å². The van der Waals surface area contributed by atoms with Gasteiger partial charge < -0.3 is 10.2 Å². The summed E-state index contributed by atoms with van der Waals surface area (Å²) in [6, 6.07) is 5.44. The summed E-state index contributed by atoms with van der Waals surface area (Å²) in [7, 11) is -3.08. The van der Waals surface area contributed by atoms with Crippen molar-refractivity contribution in [2.24, 2.45) is 0 Å². The SMILES string of the molecule is CC1CCS(=O)(=O)CCN1C(=O)NCc1ccc([N+](=O)[O-])cc1. The van der Waals surface area contributed by atoms with Gasteiger partial charge in [-0.25, -0.2) is 13.2 Å². The number of carbonyl (C=O) groups is 1. The number of urea groups is 1. The summed E-state index contributed by atoms with van der Waals surface area (Å²) < 4.78 is 23.3. The predicted molar refractivity (Wildman–Crippen MR) is 84.8 cm³/mol. The van der Waals surface area contributed by atoms with Crippen LogP contribution >= 0.6 is 0 Å². The van der Waals surface area contributed by atoms with Gasteiger partial charge in [-0.15, -0.1) is 0 Å². The Balaban J connectivity index is 1.94. The molecule has 1 atom stereocenters. The Labute approximate surface area is 134 Å². The van der Waals surface area contributed by atoms with Gasteiger partial charge in [0.05, 0.1) is 16.4 Å². The summed E-state index contributed by atoms with van der Waals surface area (Å²) in [6.07, 6.45) is 0.424. The van der Waals surface area contributed by atoms with Crippen molar-refractivity contribution < 1.29 is 18.1 Å². The number of nitrogens with zero attached hydrogens (tertiary/aromatic N) is 2. The Kier molecular flexibility index (Phi) is 5.19. The van der Waals surface area contributed by atoms with E-state index in [1.807, 2.05) is 6.92 Å². The second-order valence-electron chi connectivity index (χ2n) is 5.57. The van der Waals surface area contributed by atoms with Gasteiger partial charge in [0.1, 0.15) is 0 Å². The topological polar surface area (TPSA) is 110 Å². The highest BCUT2D eigenvalue weighted by Crippen LogP contribution is 2.14. The number of rotatable bonds is 3.